The van der Waals surface area contributed by atoms with E-state index >= 15 is 0 Å². The summed E-state index contributed by atoms with van der Waals surface area (Å²) in [4.78, 5) is 0. The van der Waals surface area contributed by atoms with Crippen molar-refractivity contribution in [3.05, 3.63) is 49.9 Å². The van der Waals surface area contributed by atoms with Crippen LogP contribution in [0.3, 0.4) is 0 Å². The van der Waals surface area contributed by atoms with Crippen molar-refractivity contribution in [1.82, 2.24) is 5.32 Å². The zero-order chi connectivity index (χ0) is 15.9. The van der Waals surface area contributed by atoms with E-state index in [4.69, 9.17) is 21.1 Å². The van der Waals surface area contributed by atoms with E-state index in [9.17, 15) is 0 Å². The molecule has 0 radical (unpaired) electrons. The van der Waals surface area contributed by atoms with E-state index in [1.54, 1.807) is 0 Å². The van der Waals surface area contributed by atoms with Gasteiger partial charge in [0, 0.05) is 27.9 Å². The van der Waals surface area contributed by atoms with Crippen molar-refractivity contribution in [3.63, 3.8) is 0 Å². The zero-order valence-corrected chi connectivity index (χ0v) is 14.4. The quantitative estimate of drug-likeness (QED) is 0.405. The molecule has 1 rings (SSSR count). The summed E-state index contributed by atoms with van der Waals surface area (Å²) in [6, 6.07) is 10.2. The molecule has 118 valence electrons. The van der Waals surface area contributed by atoms with Gasteiger partial charge in [0.15, 0.2) is 0 Å². The van der Waals surface area contributed by atoms with E-state index in [0.717, 1.165) is 34.3 Å². The van der Waals surface area contributed by atoms with Crippen LogP contribution < -0.4 is 11.1 Å². The van der Waals surface area contributed by atoms with Gasteiger partial charge in [0.2, 0.25) is 0 Å². The molecule has 0 heterocycles. The minimum Gasteiger partial charge on any atom is -0.472 e. The normalized spacial score (nSPS) is 6.65. The predicted octanol–water partition coefficient (Wildman–Crippen LogP) is 0.212. The van der Waals surface area contributed by atoms with E-state index in [0.29, 0.717) is 6.54 Å². The van der Waals surface area contributed by atoms with Gasteiger partial charge in [-0.25, -0.2) is 0 Å². The van der Waals surface area contributed by atoms with Crippen LogP contribution in [0.4, 0.5) is 0 Å². The molecule has 6 heteroatoms. The molecule has 1 aromatic carbocycles. The number of nitrogens with two attached hydrogens (primary N) is 1. The van der Waals surface area contributed by atoms with Crippen LogP contribution in [0.25, 0.3) is 0 Å². The minimum absolute atomic E-state index is 0. The molecular formula is C14H30N2O3Ti. The van der Waals surface area contributed by atoms with Crippen molar-refractivity contribution < 1.29 is 37.0 Å². The summed E-state index contributed by atoms with van der Waals surface area (Å²) < 4.78 is 0. The predicted molar refractivity (Wildman–Crippen MR) is 82.3 cm³/mol. The second-order valence-corrected chi connectivity index (χ2v) is 2.52. The molecule has 0 amide bonds. The van der Waals surface area contributed by atoms with Crippen molar-refractivity contribution in [2.24, 2.45) is 5.73 Å². The maximum absolute atomic E-state index is 7.00. The second-order valence-electron chi connectivity index (χ2n) is 2.52. The Kier molecular flexibility index (Phi) is 68.3. The number of aliphatic hydroxyl groups excluding tert-OH is 3. The molecule has 0 saturated carbocycles. The summed E-state index contributed by atoms with van der Waals surface area (Å²) in [5.41, 5.74) is 6.34. The fraction of sp³-hybridized carbons (Fsp3) is 0.429. The molecule has 5 nitrogen and oxygen atoms in total. The van der Waals surface area contributed by atoms with Crippen LogP contribution in [0.5, 0.6) is 0 Å². The van der Waals surface area contributed by atoms with Crippen LogP contribution in [-0.4, -0.2) is 49.7 Å². The Bertz CT molecular complexity index is 201. The number of hydrogen-bond acceptors (Lipinski definition) is 5. The van der Waals surface area contributed by atoms with Gasteiger partial charge in [0.05, 0.1) is 0 Å². The second kappa shape index (κ2) is 42.8. The standard InChI is InChI=1S/C8H9.C3H9N2.3CH4O.Ti/c1-2-8-6-4-3-5-7-8;1-5-3-2-4;3*1-2;/h3-7H,1-2H2;5H,1-4H2;3*2H,1H3;/q2*-1;;;;+2. The van der Waals surface area contributed by atoms with Gasteiger partial charge in [-0.05, 0) is 6.54 Å². The molecule has 0 spiro atoms. The molecule has 1 aromatic rings. The molecule has 0 aliphatic heterocycles. The van der Waals surface area contributed by atoms with E-state index < -0.39 is 0 Å². The van der Waals surface area contributed by atoms with E-state index in [-0.39, 0.29) is 21.7 Å². The van der Waals surface area contributed by atoms with Gasteiger partial charge < -0.3 is 33.3 Å². The molecule has 0 fully saturated rings. The third-order valence-corrected chi connectivity index (χ3v) is 1.45. The molecule has 0 atom stereocenters. The first kappa shape index (κ1) is 31.9. The van der Waals surface area contributed by atoms with Gasteiger partial charge in [-0.3, -0.25) is 7.05 Å². The summed E-state index contributed by atoms with van der Waals surface area (Å²) in [6.07, 6.45) is 0.890. The van der Waals surface area contributed by atoms with Crippen LogP contribution >= 0.6 is 0 Å². The number of nitrogens with one attached hydrogen (secondary N) is 1. The van der Waals surface area contributed by atoms with Crippen molar-refractivity contribution >= 4 is 0 Å². The smallest absolute Gasteiger partial charge is 0.472 e. The summed E-state index contributed by atoms with van der Waals surface area (Å²) >= 11 is 0. The van der Waals surface area contributed by atoms with Crippen LogP contribution in [0.1, 0.15) is 5.56 Å². The van der Waals surface area contributed by atoms with Crippen molar-refractivity contribution in [2.45, 2.75) is 6.42 Å². The summed E-state index contributed by atoms with van der Waals surface area (Å²) in [6.45, 7) is 5.23. The SMILES string of the molecule is CO.CO.CO.[CH2-]Cc1ccccc1.[CH2-]NCCN.[Ti+2]. The Balaban J connectivity index is -0.0000000550. The molecule has 0 unspecified atom stereocenters. The fourth-order valence-corrected chi connectivity index (χ4v) is 0.747. The number of rotatable bonds is 3. The van der Waals surface area contributed by atoms with E-state index in [1.807, 2.05) is 18.2 Å². The average molecular weight is 322 g/mol. The van der Waals surface area contributed by atoms with Gasteiger partial charge in [0.1, 0.15) is 0 Å². The molecule has 0 aliphatic carbocycles. The van der Waals surface area contributed by atoms with E-state index in [1.165, 1.54) is 5.56 Å². The Hall–Kier alpha value is -0.266. The van der Waals surface area contributed by atoms with Crippen molar-refractivity contribution in [3.8, 4) is 0 Å². The summed E-state index contributed by atoms with van der Waals surface area (Å²) in [5, 5.41) is 23.6. The van der Waals surface area contributed by atoms with Crippen LogP contribution in [0.2, 0.25) is 0 Å². The Morgan fingerprint density at radius 2 is 1.40 bits per heavy atom. The van der Waals surface area contributed by atoms with Gasteiger partial charge in [-0.2, -0.15) is 6.42 Å². The van der Waals surface area contributed by atoms with Gasteiger partial charge in [-0.1, -0.05) is 35.9 Å². The minimum atomic E-state index is 0. The molecule has 0 saturated heterocycles. The van der Waals surface area contributed by atoms with Crippen LogP contribution in [0, 0.1) is 14.0 Å². The monoisotopic (exact) mass is 322 g/mol. The van der Waals surface area contributed by atoms with Crippen molar-refractivity contribution in [2.75, 3.05) is 34.4 Å². The molecule has 0 bridgehead atoms. The Morgan fingerprint density at radius 3 is 1.55 bits per heavy atom. The molecule has 0 aromatic heterocycles. The topological polar surface area (TPSA) is 98.7 Å². The maximum Gasteiger partial charge on any atom is 2.00 e. The molecule has 6 N–H and O–H groups in total. The Labute approximate surface area is 139 Å². The first-order valence-corrected chi connectivity index (χ1v) is 5.72. The molecular weight excluding hydrogens is 292 g/mol. The average Bonchev–Trinajstić information content (AvgIpc) is 2.55. The first-order chi connectivity index (χ1) is 9.35. The summed E-state index contributed by atoms with van der Waals surface area (Å²) in [5.74, 6) is 0. The number of aliphatic hydroxyl groups is 3. The third kappa shape index (κ3) is 36.1. The third-order valence-electron chi connectivity index (χ3n) is 1.45. The molecule has 20 heavy (non-hydrogen) atoms. The summed E-state index contributed by atoms with van der Waals surface area (Å²) in [7, 11) is 6.35. The first-order valence-electron chi connectivity index (χ1n) is 5.72. The van der Waals surface area contributed by atoms with Crippen LogP contribution in [0.15, 0.2) is 30.3 Å². The van der Waals surface area contributed by atoms with Gasteiger partial charge in [-0.15, -0.1) is 0 Å². The number of benzene rings is 1. The van der Waals surface area contributed by atoms with Crippen LogP contribution in [-0.2, 0) is 28.1 Å². The number of hydrogen-bond donors (Lipinski definition) is 5. The zero-order valence-electron chi connectivity index (χ0n) is 12.8. The molecule has 0 aliphatic rings. The Morgan fingerprint density at radius 1 is 1.00 bits per heavy atom. The van der Waals surface area contributed by atoms with E-state index in [2.05, 4.69) is 31.4 Å². The maximum atomic E-state index is 7.00. The van der Waals surface area contributed by atoms with Gasteiger partial charge in [0.25, 0.3) is 0 Å². The largest absolute Gasteiger partial charge is 2.00 e. The van der Waals surface area contributed by atoms with Crippen molar-refractivity contribution in [1.29, 1.82) is 0 Å². The van der Waals surface area contributed by atoms with Gasteiger partial charge >= 0.3 is 21.7 Å². The fourth-order valence-electron chi connectivity index (χ4n) is 0.747.